The highest BCUT2D eigenvalue weighted by molar-refractivity contribution is 5.82. The van der Waals surface area contributed by atoms with Crippen molar-refractivity contribution in [2.75, 3.05) is 46.4 Å². The van der Waals surface area contributed by atoms with Crippen LogP contribution in [0.4, 0.5) is 4.79 Å². The molecule has 0 atom stereocenters. The van der Waals surface area contributed by atoms with Gasteiger partial charge in [-0.1, -0.05) is 6.07 Å². The van der Waals surface area contributed by atoms with Gasteiger partial charge in [0.05, 0.1) is 13.7 Å². The van der Waals surface area contributed by atoms with Gasteiger partial charge in [-0.25, -0.2) is 4.79 Å². The molecule has 184 valence electrons. The Labute approximate surface area is 196 Å². The van der Waals surface area contributed by atoms with Gasteiger partial charge in [-0.2, -0.15) is 0 Å². The van der Waals surface area contributed by atoms with E-state index in [1.165, 1.54) is 0 Å². The second-order valence-corrected chi connectivity index (χ2v) is 8.89. The number of amides is 3. The summed E-state index contributed by atoms with van der Waals surface area (Å²) in [5.41, 5.74) is 0.385. The Kier molecular flexibility index (Phi) is 9.81. The molecule has 1 N–H and O–H groups in total. The standard InChI is InChI=1S/C24H37N3O6/c1-6-32-19-10-8-18(16-20(19)31-5)9-11-21(28)26-12-7-13-27(15-14-26)22(29)17-25-23(30)33-24(2,3)4/h8,10,16H,6-7,9,11-15,17H2,1-5H3,(H,25,30). The molecule has 1 aliphatic heterocycles. The largest absolute Gasteiger partial charge is 0.493 e. The van der Waals surface area contributed by atoms with E-state index in [0.717, 1.165) is 5.56 Å². The molecule has 33 heavy (non-hydrogen) atoms. The van der Waals surface area contributed by atoms with E-state index < -0.39 is 11.7 Å². The van der Waals surface area contributed by atoms with Crippen LogP contribution in [0.5, 0.6) is 11.5 Å². The Bertz CT molecular complexity index is 821. The lowest BCUT2D eigenvalue weighted by molar-refractivity contribution is -0.133. The van der Waals surface area contributed by atoms with Crippen LogP contribution < -0.4 is 14.8 Å². The molecule has 2 rings (SSSR count). The van der Waals surface area contributed by atoms with Crippen LogP contribution in [0.2, 0.25) is 0 Å². The van der Waals surface area contributed by atoms with Crippen molar-refractivity contribution in [2.45, 2.75) is 52.6 Å². The molecule has 0 bridgehead atoms. The Morgan fingerprint density at radius 2 is 1.67 bits per heavy atom. The van der Waals surface area contributed by atoms with Gasteiger partial charge in [0.15, 0.2) is 11.5 Å². The minimum Gasteiger partial charge on any atom is -0.493 e. The van der Waals surface area contributed by atoms with E-state index >= 15 is 0 Å². The molecule has 0 unspecified atom stereocenters. The topological polar surface area (TPSA) is 97.4 Å². The highest BCUT2D eigenvalue weighted by Gasteiger charge is 2.23. The first kappa shape index (κ1) is 26.3. The van der Waals surface area contributed by atoms with Crippen LogP contribution in [0.25, 0.3) is 0 Å². The summed E-state index contributed by atoms with van der Waals surface area (Å²) in [7, 11) is 1.60. The van der Waals surface area contributed by atoms with Gasteiger partial charge >= 0.3 is 6.09 Å². The maximum atomic E-state index is 12.8. The number of carbonyl (C=O) groups is 3. The highest BCUT2D eigenvalue weighted by Crippen LogP contribution is 2.28. The van der Waals surface area contributed by atoms with E-state index in [-0.39, 0.29) is 18.4 Å². The number of hydrogen-bond acceptors (Lipinski definition) is 6. The fraction of sp³-hybridized carbons (Fsp3) is 0.625. The number of alkyl carbamates (subject to hydrolysis) is 1. The van der Waals surface area contributed by atoms with Gasteiger partial charge in [-0.3, -0.25) is 9.59 Å². The van der Waals surface area contributed by atoms with E-state index in [2.05, 4.69) is 5.32 Å². The van der Waals surface area contributed by atoms with Gasteiger partial charge in [0.25, 0.3) is 0 Å². The predicted molar refractivity (Wildman–Crippen MR) is 124 cm³/mol. The number of methoxy groups -OCH3 is 1. The third-order valence-electron chi connectivity index (χ3n) is 5.14. The lowest BCUT2D eigenvalue weighted by Gasteiger charge is -2.23. The van der Waals surface area contributed by atoms with Gasteiger partial charge in [0.1, 0.15) is 12.1 Å². The fourth-order valence-corrected chi connectivity index (χ4v) is 3.54. The van der Waals surface area contributed by atoms with Crippen LogP contribution >= 0.6 is 0 Å². The SMILES string of the molecule is CCOc1ccc(CCC(=O)N2CCCN(C(=O)CNC(=O)OC(C)(C)C)CC2)cc1OC. The van der Waals surface area contributed by atoms with E-state index in [4.69, 9.17) is 14.2 Å². The zero-order valence-corrected chi connectivity index (χ0v) is 20.4. The average molecular weight is 464 g/mol. The van der Waals surface area contributed by atoms with Crippen LogP contribution in [-0.4, -0.2) is 79.7 Å². The van der Waals surface area contributed by atoms with Crippen molar-refractivity contribution in [3.05, 3.63) is 23.8 Å². The Morgan fingerprint density at radius 1 is 1.00 bits per heavy atom. The first-order valence-corrected chi connectivity index (χ1v) is 11.4. The first-order valence-electron chi connectivity index (χ1n) is 11.4. The molecule has 1 aromatic carbocycles. The van der Waals surface area contributed by atoms with Gasteiger partial charge in [-0.05, 0) is 58.2 Å². The third kappa shape index (κ3) is 8.82. The summed E-state index contributed by atoms with van der Waals surface area (Å²) in [6, 6.07) is 5.71. The third-order valence-corrected chi connectivity index (χ3v) is 5.14. The van der Waals surface area contributed by atoms with Crippen molar-refractivity contribution in [3.63, 3.8) is 0 Å². The van der Waals surface area contributed by atoms with Gasteiger partial charge < -0.3 is 29.3 Å². The maximum Gasteiger partial charge on any atom is 0.408 e. The summed E-state index contributed by atoms with van der Waals surface area (Å²) in [6.45, 7) is 9.72. The maximum absolute atomic E-state index is 12.8. The van der Waals surface area contributed by atoms with E-state index in [1.54, 1.807) is 37.7 Å². The minimum absolute atomic E-state index is 0.0593. The lowest BCUT2D eigenvalue weighted by atomic mass is 10.1. The van der Waals surface area contributed by atoms with Gasteiger partial charge in [0, 0.05) is 32.6 Å². The summed E-state index contributed by atoms with van der Waals surface area (Å²) in [6.07, 6.45) is 1.06. The number of ether oxygens (including phenoxy) is 3. The number of benzene rings is 1. The minimum atomic E-state index is -0.618. The molecule has 9 nitrogen and oxygen atoms in total. The predicted octanol–water partition coefficient (Wildman–Crippen LogP) is 2.61. The molecule has 0 aliphatic carbocycles. The molecule has 3 amide bonds. The molecule has 0 aromatic heterocycles. The molecule has 1 fully saturated rings. The second kappa shape index (κ2) is 12.3. The zero-order valence-electron chi connectivity index (χ0n) is 20.4. The Hall–Kier alpha value is -2.97. The van der Waals surface area contributed by atoms with Crippen molar-refractivity contribution in [1.29, 1.82) is 0 Å². The number of nitrogens with zero attached hydrogens (tertiary/aromatic N) is 2. The molecule has 1 aliphatic rings. The van der Waals surface area contributed by atoms with E-state index in [9.17, 15) is 14.4 Å². The van der Waals surface area contributed by atoms with Crippen molar-refractivity contribution in [2.24, 2.45) is 0 Å². The second-order valence-electron chi connectivity index (χ2n) is 8.89. The molecule has 1 aromatic rings. The van der Waals surface area contributed by atoms with Crippen molar-refractivity contribution in [1.82, 2.24) is 15.1 Å². The molecular weight excluding hydrogens is 426 g/mol. The first-order chi connectivity index (χ1) is 15.6. The molecule has 0 saturated carbocycles. The normalized spacial score (nSPS) is 14.3. The van der Waals surface area contributed by atoms with Crippen LogP contribution in [-0.2, 0) is 20.7 Å². The van der Waals surface area contributed by atoms with Crippen LogP contribution in [0.15, 0.2) is 18.2 Å². The van der Waals surface area contributed by atoms with Gasteiger partial charge in [-0.15, -0.1) is 0 Å². The average Bonchev–Trinajstić information content (AvgIpc) is 3.02. The number of carbonyl (C=O) groups excluding carboxylic acids is 3. The van der Waals surface area contributed by atoms with Crippen LogP contribution in [0, 0.1) is 0 Å². The molecule has 1 saturated heterocycles. The van der Waals surface area contributed by atoms with Crippen molar-refractivity contribution < 1.29 is 28.6 Å². The number of nitrogens with one attached hydrogen (secondary N) is 1. The van der Waals surface area contributed by atoms with Crippen molar-refractivity contribution in [3.8, 4) is 11.5 Å². The summed E-state index contributed by atoms with van der Waals surface area (Å²) in [5.74, 6) is 1.22. The lowest BCUT2D eigenvalue weighted by Crippen LogP contribution is -2.43. The molecule has 0 radical (unpaired) electrons. The summed E-state index contributed by atoms with van der Waals surface area (Å²) < 4.78 is 16.1. The summed E-state index contributed by atoms with van der Waals surface area (Å²) in [5, 5.41) is 2.50. The van der Waals surface area contributed by atoms with Crippen LogP contribution in [0.1, 0.15) is 46.1 Å². The quantitative estimate of drug-likeness (QED) is 0.637. The number of aryl methyl sites for hydroxylation is 1. The number of rotatable bonds is 8. The van der Waals surface area contributed by atoms with E-state index in [0.29, 0.717) is 63.5 Å². The molecule has 0 spiro atoms. The zero-order chi connectivity index (χ0) is 24.4. The number of hydrogen-bond donors (Lipinski definition) is 1. The highest BCUT2D eigenvalue weighted by atomic mass is 16.6. The van der Waals surface area contributed by atoms with E-state index in [1.807, 2.05) is 25.1 Å². The van der Waals surface area contributed by atoms with Crippen molar-refractivity contribution >= 4 is 17.9 Å². The summed E-state index contributed by atoms with van der Waals surface area (Å²) in [4.78, 5) is 40.5. The molecule has 9 heteroatoms. The fourth-order valence-electron chi connectivity index (χ4n) is 3.54. The molecular formula is C24H37N3O6. The summed E-state index contributed by atoms with van der Waals surface area (Å²) >= 11 is 0. The molecule has 1 heterocycles. The Morgan fingerprint density at radius 3 is 2.27 bits per heavy atom. The monoisotopic (exact) mass is 463 g/mol. The van der Waals surface area contributed by atoms with Crippen LogP contribution in [0.3, 0.4) is 0 Å². The van der Waals surface area contributed by atoms with Gasteiger partial charge in [0.2, 0.25) is 11.8 Å². The Balaban J connectivity index is 1.81. The smallest absolute Gasteiger partial charge is 0.408 e.